The number of amides is 1. The van der Waals surface area contributed by atoms with E-state index < -0.39 is 26.0 Å². The van der Waals surface area contributed by atoms with Gasteiger partial charge < -0.3 is 4.42 Å². The molecule has 0 aliphatic carbocycles. The van der Waals surface area contributed by atoms with Crippen LogP contribution < -0.4 is 9.03 Å². The fraction of sp³-hybridized carbons (Fsp3) is 0.500. The second-order valence-electron chi connectivity index (χ2n) is 8.78. The maximum absolute atomic E-state index is 13.3. The Balaban J connectivity index is 1.58. The Morgan fingerprint density at radius 2 is 1.94 bits per heavy atom. The third-order valence-corrected chi connectivity index (χ3v) is 9.63. The van der Waals surface area contributed by atoms with E-state index in [2.05, 4.69) is 16.5 Å². The highest BCUT2D eigenvalue weighted by atomic mass is 32.2. The summed E-state index contributed by atoms with van der Waals surface area (Å²) in [6.07, 6.45) is 3.52. The molecule has 1 amide bonds. The van der Waals surface area contributed by atoms with Gasteiger partial charge in [0.25, 0.3) is 0 Å². The number of anilines is 1. The van der Waals surface area contributed by atoms with Gasteiger partial charge >= 0.3 is 0 Å². The predicted octanol–water partition coefficient (Wildman–Crippen LogP) is 2.41. The van der Waals surface area contributed by atoms with E-state index in [1.165, 1.54) is 18.2 Å². The smallest absolute Gasteiger partial charge is 0.242 e. The number of sulfonamides is 2. The van der Waals surface area contributed by atoms with E-state index in [0.29, 0.717) is 21.5 Å². The predicted molar refractivity (Wildman–Crippen MR) is 124 cm³/mol. The summed E-state index contributed by atoms with van der Waals surface area (Å²) < 4.78 is 60.1. The highest BCUT2D eigenvalue weighted by Gasteiger charge is 2.37. The van der Waals surface area contributed by atoms with E-state index in [9.17, 15) is 21.6 Å². The first-order valence-corrected chi connectivity index (χ1v) is 14.1. The van der Waals surface area contributed by atoms with Crippen molar-refractivity contribution in [2.45, 2.75) is 44.0 Å². The number of rotatable bonds is 7. The maximum Gasteiger partial charge on any atom is 0.242 e. The van der Waals surface area contributed by atoms with E-state index in [4.69, 9.17) is 4.42 Å². The number of carbonyl (C=O) groups is 1. The molecule has 9 nitrogen and oxygen atoms in total. The number of nitrogens with one attached hydrogen (secondary N) is 1. The summed E-state index contributed by atoms with van der Waals surface area (Å²) in [5.41, 5.74) is 0.493. The second-order valence-corrected chi connectivity index (χ2v) is 12.4. The quantitative estimate of drug-likeness (QED) is 0.627. The molecular weight excluding hydrogens is 466 g/mol. The summed E-state index contributed by atoms with van der Waals surface area (Å²) >= 11 is 0. The van der Waals surface area contributed by atoms with Crippen LogP contribution in [0.25, 0.3) is 0 Å². The molecule has 0 radical (unpaired) electrons. The summed E-state index contributed by atoms with van der Waals surface area (Å²) in [6, 6.07) is 7.59. The van der Waals surface area contributed by atoms with Gasteiger partial charge in [-0.1, -0.05) is 13.0 Å². The lowest BCUT2D eigenvalue weighted by Crippen LogP contribution is -2.41. The zero-order valence-electron chi connectivity index (χ0n) is 18.7. The molecule has 0 bridgehead atoms. The normalized spacial score (nSPS) is 20.9. The summed E-state index contributed by atoms with van der Waals surface area (Å²) in [6.45, 7) is 5.64. The van der Waals surface area contributed by atoms with Crippen LogP contribution in [0.15, 0.2) is 45.9 Å². The van der Waals surface area contributed by atoms with Gasteiger partial charge in [-0.25, -0.2) is 25.9 Å². The molecule has 2 aromatic rings. The Bertz CT molecular complexity index is 1220. The zero-order valence-corrected chi connectivity index (χ0v) is 20.4. The molecule has 2 saturated heterocycles. The van der Waals surface area contributed by atoms with Gasteiger partial charge in [0.15, 0.2) is 0 Å². The lowest BCUT2D eigenvalue weighted by molar-refractivity contribution is -0.116. The van der Waals surface area contributed by atoms with Gasteiger partial charge in [-0.2, -0.15) is 0 Å². The number of carbonyl (C=O) groups excluding carboxylic acids is 1. The van der Waals surface area contributed by atoms with Gasteiger partial charge in [0.05, 0.1) is 28.6 Å². The fourth-order valence-electron chi connectivity index (χ4n) is 4.37. The van der Waals surface area contributed by atoms with E-state index in [1.807, 2.05) is 6.07 Å². The molecule has 180 valence electrons. The second kappa shape index (κ2) is 9.21. The molecule has 3 heterocycles. The topological polar surface area (TPSA) is 117 Å². The van der Waals surface area contributed by atoms with E-state index >= 15 is 0 Å². The average molecular weight is 496 g/mol. The van der Waals surface area contributed by atoms with Crippen LogP contribution in [0.3, 0.4) is 0 Å². The van der Waals surface area contributed by atoms with Gasteiger partial charge in [0.1, 0.15) is 5.76 Å². The highest BCUT2D eigenvalue weighted by Crippen LogP contribution is 2.30. The van der Waals surface area contributed by atoms with E-state index in [-0.39, 0.29) is 35.3 Å². The van der Waals surface area contributed by atoms with Crippen LogP contribution >= 0.6 is 0 Å². The highest BCUT2D eigenvalue weighted by molar-refractivity contribution is 7.94. The average Bonchev–Trinajstić information content (AvgIpc) is 3.38. The minimum absolute atomic E-state index is 0.0380. The van der Waals surface area contributed by atoms with Crippen LogP contribution in [0.5, 0.6) is 0 Å². The van der Waals surface area contributed by atoms with Crippen molar-refractivity contribution < 1.29 is 26.0 Å². The molecule has 1 N–H and O–H groups in total. The summed E-state index contributed by atoms with van der Waals surface area (Å²) in [5, 5.41) is 0. The zero-order chi connectivity index (χ0) is 23.8. The van der Waals surface area contributed by atoms with Crippen LogP contribution in [-0.2, 0) is 24.8 Å². The number of furan rings is 1. The first-order valence-electron chi connectivity index (χ1n) is 11.0. The van der Waals surface area contributed by atoms with Crippen LogP contribution in [0.4, 0.5) is 5.69 Å². The summed E-state index contributed by atoms with van der Waals surface area (Å²) in [7, 11) is -7.77. The number of piperidine rings is 1. The molecule has 2 fully saturated rings. The minimum atomic E-state index is -3.98. The molecule has 1 atom stereocenters. The Hall–Kier alpha value is -2.21. The van der Waals surface area contributed by atoms with Gasteiger partial charge in [-0.05, 0) is 68.6 Å². The van der Waals surface area contributed by atoms with Gasteiger partial charge in [0, 0.05) is 13.0 Å². The van der Waals surface area contributed by atoms with Crippen molar-refractivity contribution in [3.63, 3.8) is 0 Å². The molecule has 0 spiro atoms. The Kier molecular flexibility index (Phi) is 6.68. The maximum atomic E-state index is 13.3. The van der Waals surface area contributed by atoms with Crippen molar-refractivity contribution in [2.24, 2.45) is 5.92 Å². The lowest BCUT2D eigenvalue weighted by Gasteiger charge is -2.35. The van der Waals surface area contributed by atoms with Crippen molar-refractivity contribution in [1.82, 2.24) is 9.62 Å². The van der Waals surface area contributed by atoms with Crippen molar-refractivity contribution in [3.05, 3.63) is 47.9 Å². The van der Waals surface area contributed by atoms with Crippen molar-refractivity contribution in [1.29, 1.82) is 0 Å². The number of hydrogen-bond donors (Lipinski definition) is 1. The van der Waals surface area contributed by atoms with Gasteiger partial charge in [-0.15, -0.1) is 0 Å². The number of nitrogens with zero attached hydrogens (tertiary/aromatic N) is 2. The van der Waals surface area contributed by atoms with Crippen LogP contribution in [0.1, 0.15) is 43.6 Å². The monoisotopic (exact) mass is 495 g/mol. The Labute approximate surface area is 194 Å². The number of aryl methyl sites for hydroxylation is 1. The van der Waals surface area contributed by atoms with Crippen molar-refractivity contribution in [3.8, 4) is 0 Å². The first-order chi connectivity index (χ1) is 15.6. The molecule has 2 aliphatic rings. The van der Waals surface area contributed by atoms with E-state index in [0.717, 1.165) is 25.9 Å². The number of hydrogen-bond acceptors (Lipinski definition) is 7. The van der Waals surface area contributed by atoms with Gasteiger partial charge in [-0.3, -0.25) is 9.69 Å². The largest absolute Gasteiger partial charge is 0.468 e. The SMILES string of the molecule is Cc1ccc(N2C(=O)CCS2(=O)=O)cc1S(=O)(=O)NC[C@H](c1ccco1)N1CCC(C)CC1. The molecule has 33 heavy (non-hydrogen) atoms. The first kappa shape index (κ1) is 23.9. The molecule has 1 aromatic heterocycles. The molecule has 11 heteroatoms. The molecular formula is C22H29N3O6S2. The number of benzene rings is 1. The third-order valence-electron chi connectivity index (χ3n) is 6.37. The van der Waals surface area contributed by atoms with Gasteiger partial charge in [0.2, 0.25) is 26.0 Å². The van der Waals surface area contributed by atoms with Crippen molar-refractivity contribution >= 4 is 31.6 Å². The lowest BCUT2D eigenvalue weighted by atomic mass is 9.97. The summed E-state index contributed by atoms with van der Waals surface area (Å²) in [4.78, 5) is 14.3. The molecule has 0 unspecified atom stereocenters. The summed E-state index contributed by atoms with van der Waals surface area (Å²) in [5.74, 6) is 0.475. The van der Waals surface area contributed by atoms with Crippen LogP contribution in [0, 0.1) is 12.8 Å². The Morgan fingerprint density at radius 3 is 2.55 bits per heavy atom. The molecule has 2 aliphatic heterocycles. The standard InChI is InChI=1S/C22H29N3O6S2/c1-16-7-10-24(11-8-16)19(20-4-3-12-31-20)15-23-33(29,30)21-14-18(6-5-17(21)2)25-22(26)9-13-32(25,27)28/h3-6,12,14,16,19,23H,7-11,13,15H2,1-2H3/t19-/m1/s1. The van der Waals surface area contributed by atoms with Crippen LogP contribution in [0.2, 0.25) is 0 Å². The van der Waals surface area contributed by atoms with E-state index in [1.54, 1.807) is 19.3 Å². The minimum Gasteiger partial charge on any atom is -0.468 e. The van der Waals surface area contributed by atoms with Crippen molar-refractivity contribution in [2.75, 3.05) is 29.7 Å². The Morgan fingerprint density at radius 1 is 1.21 bits per heavy atom. The fourth-order valence-corrected chi connectivity index (χ4v) is 7.12. The number of likely N-dealkylation sites (tertiary alicyclic amines) is 1. The third kappa shape index (κ3) is 5.01. The molecule has 1 aromatic carbocycles. The molecule has 0 saturated carbocycles. The van der Waals surface area contributed by atoms with Crippen LogP contribution in [-0.4, -0.2) is 53.0 Å². The molecule has 4 rings (SSSR count).